The zero-order valence-electron chi connectivity index (χ0n) is 10.0. The Bertz CT molecular complexity index is 488. The van der Waals surface area contributed by atoms with E-state index >= 15 is 0 Å². The third-order valence-corrected chi connectivity index (χ3v) is 3.90. The highest BCUT2D eigenvalue weighted by atomic mass is 32.1. The van der Waals surface area contributed by atoms with E-state index in [0.717, 1.165) is 16.9 Å². The Morgan fingerprint density at radius 2 is 2.12 bits per heavy atom. The van der Waals surface area contributed by atoms with E-state index in [1.165, 1.54) is 10.3 Å². The van der Waals surface area contributed by atoms with E-state index in [9.17, 15) is 0 Å². The molecule has 86 valence electrons. The van der Waals surface area contributed by atoms with Crippen molar-refractivity contribution < 1.29 is 0 Å². The molecule has 0 spiro atoms. The summed E-state index contributed by atoms with van der Waals surface area (Å²) in [5.41, 5.74) is 8.45. The molecule has 2 nitrogen and oxygen atoms in total. The Morgan fingerprint density at radius 1 is 1.38 bits per heavy atom. The topological polar surface area (TPSA) is 38.9 Å². The first-order chi connectivity index (χ1) is 7.56. The minimum absolute atomic E-state index is 0.210. The van der Waals surface area contributed by atoms with Crippen molar-refractivity contribution in [3.05, 3.63) is 28.8 Å². The van der Waals surface area contributed by atoms with E-state index in [0.29, 0.717) is 5.92 Å². The number of nitrogens with two attached hydrogens (primary N) is 1. The van der Waals surface area contributed by atoms with Crippen LogP contribution in [0.1, 0.15) is 24.4 Å². The molecule has 1 heterocycles. The van der Waals surface area contributed by atoms with Crippen LogP contribution in [0, 0.1) is 12.8 Å². The summed E-state index contributed by atoms with van der Waals surface area (Å²) < 4.78 is 1.27. The SMILES string of the molecule is Cc1ccc2nc(CC(N)C(C)C)sc2c1. The number of benzene rings is 1. The van der Waals surface area contributed by atoms with Gasteiger partial charge in [0.2, 0.25) is 0 Å². The normalized spacial score (nSPS) is 13.6. The molecular weight excluding hydrogens is 216 g/mol. The number of aromatic nitrogens is 1. The van der Waals surface area contributed by atoms with E-state index in [2.05, 4.69) is 44.0 Å². The average Bonchev–Trinajstić information content (AvgIpc) is 2.58. The van der Waals surface area contributed by atoms with Crippen LogP contribution in [0.2, 0.25) is 0 Å². The van der Waals surface area contributed by atoms with Crippen LogP contribution in [0.5, 0.6) is 0 Å². The third-order valence-electron chi connectivity index (χ3n) is 2.85. The van der Waals surface area contributed by atoms with Gasteiger partial charge in [-0.05, 0) is 30.5 Å². The van der Waals surface area contributed by atoms with Crippen LogP contribution in [0.25, 0.3) is 10.2 Å². The van der Waals surface area contributed by atoms with Crippen molar-refractivity contribution in [2.75, 3.05) is 0 Å². The van der Waals surface area contributed by atoms with Crippen molar-refractivity contribution in [2.45, 2.75) is 33.2 Å². The van der Waals surface area contributed by atoms with Crippen LogP contribution in [-0.2, 0) is 6.42 Å². The lowest BCUT2D eigenvalue weighted by Gasteiger charge is -2.12. The van der Waals surface area contributed by atoms with Gasteiger partial charge in [0.15, 0.2) is 0 Å². The van der Waals surface area contributed by atoms with Gasteiger partial charge in [-0.3, -0.25) is 0 Å². The van der Waals surface area contributed by atoms with E-state index in [1.807, 2.05) is 0 Å². The van der Waals surface area contributed by atoms with Crippen molar-refractivity contribution in [3.63, 3.8) is 0 Å². The van der Waals surface area contributed by atoms with Gasteiger partial charge < -0.3 is 5.73 Å². The van der Waals surface area contributed by atoms with Crippen molar-refractivity contribution in [3.8, 4) is 0 Å². The smallest absolute Gasteiger partial charge is 0.0954 e. The average molecular weight is 234 g/mol. The predicted octanol–water partition coefficient (Wildman–Crippen LogP) is 3.13. The molecule has 0 saturated heterocycles. The van der Waals surface area contributed by atoms with E-state index in [1.54, 1.807) is 11.3 Å². The Balaban J connectivity index is 2.26. The van der Waals surface area contributed by atoms with Gasteiger partial charge in [-0.1, -0.05) is 19.9 Å². The molecule has 2 rings (SSSR count). The molecule has 0 bridgehead atoms. The van der Waals surface area contributed by atoms with Crippen LogP contribution in [-0.4, -0.2) is 11.0 Å². The first kappa shape index (κ1) is 11.6. The highest BCUT2D eigenvalue weighted by molar-refractivity contribution is 7.18. The molecule has 0 aliphatic heterocycles. The molecular formula is C13H18N2S. The maximum atomic E-state index is 6.07. The number of aryl methyl sites for hydroxylation is 1. The Kier molecular flexibility index (Phi) is 3.26. The summed E-state index contributed by atoms with van der Waals surface area (Å²) >= 11 is 1.77. The quantitative estimate of drug-likeness (QED) is 0.886. The highest BCUT2D eigenvalue weighted by Gasteiger charge is 2.11. The summed E-state index contributed by atoms with van der Waals surface area (Å²) in [5, 5.41) is 1.15. The molecule has 0 saturated carbocycles. The van der Waals surface area contributed by atoms with Gasteiger partial charge >= 0.3 is 0 Å². The maximum Gasteiger partial charge on any atom is 0.0954 e. The zero-order valence-corrected chi connectivity index (χ0v) is 10.8. The number of nitrogens with zero attached hydrogens (tertiary/aromatic N) is 1. The molecule has 2 aromatic rings. The number of fused-ring (bicyclic) bond motifs is 1. The molecule has 0 aliphatic rings. The lowest BCUT2D eigenvalue weighted by atomic mass is 10.0. The van der Waals surface area contributed by atoms with Crippen LogP contribution < -0.4 is 5.73 Å². The summed E-state index contributed by atoms with van der Waals surface area (Å²) in [6.07, 6.45) is 0.885. The van der Waals surface area contributed by atoms with Crippen molar-refractivity contribution in [1.29, 1.82) is 0 Å². The number of hydrogen-bond donors (Lipinski definition) is 1. The molecule has 1 aromatic carbocycles. The monoisotopic (exact) mass is 234 g/mol. The van der Waals surface area contributed by atoms with Gasteiger partial charge in [0.25, 0.3) is 0 Å². The van der Waals surface area contributed by atoms with Gasteiger partial charge in [-0.2, -0.15) is 0 Å². The lowest BCUT2D eigenvalue weighted by molar-refractivity contribution is 0.490. The molecule has 16 heavy (non-hydrogen) atoms. The molecule has 0 radical (unpaired) electrons. The lowest BCUT2D eigenvalue weighted by Crippen LogP contribution is -2.28. The first-order valence-corrected chi connectivity index (χ1v) is 6.49. The van der Waals surface area contributed by atoms with E-state index < -0.39 is 0 Å². The molecule has 1 atom stereocenters. The highest BCUT2D eigenvalue weighted by Crippen LogP contribution is 2.24. The minimum Gasteiger partial charge on any atom is -0.327 e. The van der Waals surface area contributed by atoms with Crippen LogP contribution in [0.15, 0.2) is 18.2 Å². The summed E-state index contributed by atoms with van der Waals surface area (Å²) in [6.45, 7) is 6.42. The van der Waals surface area contributed by atoms with Crippen LogP contribution in [0.4, 0.5) is 0 Å². The van der Waals surface area contributed by atoms with Crippen molar-refractivity contribution in [2.24, 2.45) is 11.7 Å². The van der Waals surface area contributed by atoms with Gasteiger partial charge in [0, 0.05) is 12.5 Å². The summed E-state index contributed by atoms with van der Waals surface area (Å²) in [4.78, 5) is 4.61. The predicted molar refractivity (Wildman–Crippen MR) is 70.9 cm³/mol. The second-order valence-corrected chi connectivity index (χ2v) is 5.81. The van der Waals surface area contributed by atoms with Gasteiger partial charge in [-0.15, -0.1) is 11.3 Å². The summed E-state index contributed by atoms with van der Waals surface area (Å²) in [5.74, 6) is 0.508. The molecule has 0 aliphatic carbocycles. The maximum absolute atomic E-state index is 6.07. The fourth-order valence-corrected chi connectivity index (χ4v) is 2.74. The second kappa shape index (κ2) is 4.52. The van der Waals surface area contributed by atoms with Crippen molar-refractivity contribution >= 4 is 21.6 Å². The summed E-state index contributed by atoms with van der Waals surface area (Å²) in [7, 11) is 0. The van der Waals surface area contributed by atoms with Gasteiger partial charge in [0.1, 0.15) is 0 Å². The Labute approximate surface area is 101 Å². The van der Waals surface area contributed by atoms with Gasteiger partial charge in [0.05, 0.1) is 15.2 Å². The number of rotatable bonds is 3. The van der Waals surface area contributed by atoms with Crippen LogP contribution in [0.3, 0.4) is 0 Å². The molecule has 2 N–H and O–H groups in total. The fourth-order valence-electron chi connectivity index (χ4n) is 1.60. The van der Waals surface area contributed by atoms with Crippen molar-refractivity contribution in [1.82, 2.24) is 4.98 Å². The third kappa shape index (κ3) is 2.42. The minimum atomic E-state index is 0.210. The van der Waals surface area contributed by atoms with Gasteiger partial charge in [-0.25, -0.2) is 4.98 Å². The molecule has 1 unspecified atom stereocenters. The standard InChI is InChI=1S/C13H18N2S/c1-8(2)10(14)7-13-15-11-5-4-9(3)6-12(11)16-13/h4-6,8,10H,7,14H2,1-3H3. The number of hydrogen-bond acceptors (Lipinski definition) is 3. The summed E-state index contributed by atoms with van der Waals surface area (Å²) in [6, 6.07) is 6.60. The van der Waals surface area contributed by atoms with E-state index in [-0.39, 0.29) is 6.04 Å². The van der Waals surface area contributed by atoms with Crippen LogP contribution >= 0.6 is 11.3 Å². The Morgan fingerprint density at radius 3 is 2.81 bits per heavy atom. The largest absolute Gasteiger partial charge is 0.327 e. The Hall–Kier alpha value is -0.930. The first-order valence-electron chi connectivity index (χ1n) is 5.68. The fraction of sp³-hybridized carbons (Fsp3) is 0.462. The number of thiazole rings is 1. The molecule has 3 heteroatoms. The van der Waals surface area contributed by atoms with E-state index in [4.69, 9.17) is 5.73 Å². The molecule has 0 fully saturated rings. The molecule has 1 aromatic heterocycles. The zero-order chi connectivity index (χ0) is 11.7. The molecule has 0 amide bonds. The second-order valence-electron chi connectivity index (χ2n) is 4.69.